The highest BCUT2D eigenvalue weighted by atomic mass is 15.1. The molecule has 0 aromatic rings. The molecule has 90 valence electrons. The van der Waals surface area contributed by atoms with Gasteiger partial charge in [-0.3, -0.25) is 0 Å². The van der Waals surface area contributed by atoms with Crippen molar-refractivity contribution >= 4 is 0 Å². The average molecular weight is 212 g/mol. The first-order chi connectivity index (χ1) is 6.94. The zero-order valence-electron chi connectivity index (χ0n) is 10.9. The molecule has 1 aliphatic carbocycles. The van der Waals surface area contributed by atoms with Crippen molar-refractivity contribution in [3.05, 3.63) is 0 Å². The Labute approximate surface area is 95.2 Å². The van der Waals surface area contributed by atoms with E-state index in [2.05, 4.69) is 32.8 Å². The van der Waals surface area contributed by atoms with Crippen LogP contribution in [0.25, 0.3) is 0 Å². The van der Waals surface area contributed by atoms with Crippen molar-refractivity contribution in [1.82, 2.24) is 4.90 Å². The van der Waals surface area contributed by atoms with E-state index in [1.54, 1.807) is 0 Å². The van der Waals surface area contributed by atoms with Crippen LogP contribution in [0.4, 0.5) is 0 Å². The lowest BCUT2D eigenvalue weighted by atomic mass is 9.75. The molecule has 0 radical (unpaired) electrons. The Kier molecular flexibility index (Phi) is 4.60. The summed E-state index contributed by atoms with van der Waals surface area (Å²) in [6, 6.07) is 0.822. The molecule has 1 rings (SSSR count). The van der Waals surface area contributed by atoms with E-state index in [-0.39, 0.29) is 0 Å². The fourth-order valence-corrected chi connectivity index (χ4v) is 2.73. The molecule has 0 atom stereocenters. The minimum absolute atomic E-state index is 0.343. The van der Waals surface area contributed by atoms with Gasteiger partial charge in [-0.15, -0.1) is 0 Å². The summed E-state index contributed by atoms with van der Waals surface area (Å²) >= 11 is 0. The molecule has 0 saturated heterocycles. The Morgan fingerprint density at radius 3 is 2.07 bits per heavy atom. The molecule has 0 unspecified atom stereocenters. The van der Waals surface area contributed by atoms with Crippen LogP contribution in [0.3, 0.4) is 0 Å². The SMILES string of the molecule is CN(C)C1CCC(CC(C)(C)CN)CC1. The number of hydrogen-bond acceptors (Lipinski definition) is 2. The number of rotatable bonds is 4. The van der Waals surface area contributed by atoms with Gasteiger partial charge in [-0.2, -0.15) is 0 Å². The summed E-state index contributed by atoms with van der Waals surface area (Å²) in [5.74, 6) is 0.916. The van der Waals surface area contributed by atoms with Gasteiger partial charge in [0.25, 0.3) is 0 Å². The van der Waals surface area contributed by atoms with E-state index >= 15 is 0 Å². The second-order valence-electron chi connectivity index (χ2n) is 6.21. The zero-order chi connectivity index (χ0) is 11.5. The monoisotopic (exact) mass is 212 g/mol. The average Bonchev–Trinajstić information content (AvgIpc) is 2.18. The van der Waals surface area contributed by atoms with Gasteiger partial charge in [-0.25, -0.2) is 0 Å². The lowest BCUT2D eigenvalue weighted by molar-refractivity contribution is 0.160. The van der Waals surface area contributed by atoms with Crippen molar-refractivity contribution in [2.24, 2.45) is 17.1 Å². The Hall–Kier alpha value is -0.0800. The van der Waals surface area contributed by atoms with Gasteiger partial charge in [-0.1, -0.05) is 13.8 Å². The van der Waals surface area contributed by atoms with Crippen LogP contribution < -0.4 is 5.73 Å². The summed E-state index contributed by atoms with van der Waals surface area (Å²) in [7, 11) is 4.41. The van der Waals surface area contributed by atoms with Crippen LogP contribution in [-0.4, -0.2) is 31.6 Å². The van der Waals surface area contributed by atoms with Crippen LogP contribution in [-0.2, 0) is 0 Å². The van der Waals surface area contributed by atoms with Crippen molar-refractivity contribution < 1.29 is 0 Å². The lowest BCUT2D eigenvalue weighted by Gasteiger charge is -2.36. The summed E-state index contributed by atoms with van der Waals surface area (Å²) in [4.78, 5) is 2.38. The zero-order valence-corrected chi connectivity index (χ0v) is 10.9. The largest absolute Gasteiger partial charge is 0.330 e. The number of hydrogen-bond donors (Lipinski definition) is 1. The number of nitrogens with two attached hydrogens (primary N) is 1. The Balaban J connectivity index is 2.32. The molecule has 1 fully saturated rings. The molecular formula is C13H28N2. The van der Waals surface area contributed by atoms with Gasteiger partial charge >= 0.3 is 0 Å². The molecule has 2 heteroatoms. The molecule has 0 amide bonds. The molecule has 0 spiro atoms. The topological polar surface area (TPSA) is 29.3 Å². The fourth-order valence-electron chi connectivity index (χ4n) is 2.73. The minimum Gasteiger partial charge on any atom is -0.330 e. The third-order valence-corrected chi connectivity index (χ3v) is 3.94. The molecule has 0 aromatic heterocycles. The molecule has 0 heterocycles. The van der Waals surface area contributed by atoms with E-state index in [0.29, 0.717) is 5.41 Å². The quantitative estimate of drug-likeness (QED) is 0.776. The first-order valence-corrected chi connectivity index (χ1v) is 6.31. The van der Waals surface area contributed by atoms with E-state index in [0.717, 1.165) is 18.5 Å². The van der Waals surface area contributed by atoms with Crippen molar-refractivity contribution in [2.75, 3.05) is 20.6 Å². The van der Waals surface area contributed by atoms with Gasteiger partial charge in [-0.05, 0) is 64.1 Å². The van der Waals surface area contributed by atoms with Crippen LogP contribution in [0.15, 0.2) is 0 Å². The third kappa shape index (κ3) is 4.12. The summed E-state index contributed by atoms with van der Waals surface area (Å²) in [5, 5.41) is 0. The summed E-state index contributed by atoms with van der Waals surface area (Å²) in [6.45, 7) is 5.41. The maximum atomic E-state index is 5.79. The van der Waals surface area contributed by atoms with Gasteiger partial charge in [0.1, 0.15) is 0 Å². The van der Waals surface area contributed by atoms with Crippen LogP contribution >= 0.6 is 0 Å². The molecule has 0 aromatic carbocycles. The number of nitrogens with zero attached hydrogens (tertiary/aromatic N) is 1. The first kappa shape index (κ1) is 13.0. The van der Waals surface area contributed by atoms with Crippen LogP contribution in [0.1, 0.15) is 46.0 Å². The van der Waals surface area contributed by atoms with E-state index in [4.69, 9.17) is 5.73 Å². The van der Waals surface area contributed by atoms with Crippen molar-refractivity contribution in [2.45, 2.75) is 52.0 Å². The smallest absolute Gasteiger partial charge is 0.00893 e. The lowest BCUT2D eigenvalue weighted by Crippen LogP contribution is -2.34. The molecule has 0 aliphatic heterocycles. The second-order valence-corrected chi connectivity index (χ2v) is 6.21. The minimum atomic E-state index is 0.343. The molecule has 1 saturated carbocycles. The summed E-state index contributed by atoms with van der Waals surface area (Å²) < 4.78 is 0. The Morgan fingerprint density at radius 1 is 1.13 bits per heavy atom. The summed E-state index contributed by atoms with van der Waals surface area (Å²) in [6.07, 6.45) is 6.85. The van der Waals surface area contributed by atoms with Crippen LogP contribution in [0.5, 0.6) is 0 Å². The highest BCUT2D eigenvalue weighted by molar-refractivity contribution is 4.81. The Morgan fingerprint density at radius 2 is 1.67 bits per heavy atom. The molecule has 15 heavy (non-hydrogen) atoms. The maximum Gasteiger partial charge on any atom is 0.00893 e. The third-order valence-electron chi connectivity index (χ3n) is 3.94. The van der Waals surface area contributed by atoms with Crippen molar-refractivity contribution in [3.8, 4) is 0 Å². The van der Waals surface area contributed by atoms with Gasteiger partial charge in [0.2, 0.25) is 0 Å². The standard InChI is InChI=1S/C13H28N2/c1-13(2,10-14)9-11-5-7-12(8-6-11)15(3)4/h11-12H,5-10,14H2,1-4H3. The van der Waals surface area contributed by atoms with E-state index in [9.17, 15) is 0 Å². The Bertz CT molecular complexity index is 179. The predicted octanol–water partition coefficient (Wildman–Crippen LogP) is 2.48. The van der Waals surface area contributed by atoms with E-state index < -0.39 is 0 Å². The van der Waals surface area contributed by atoms with E-state index in [1.165, 1.54) is 32.1 Å². The highest BCUT2D eigenvalue weighted by Crippen LogP contribution is 2.34. The molecule has 0 bridgehead atoms. The summed E-state index contributed by atoms with van der Waals surface area (Å²) in [5.41, 5.74) is 6.13. The molecule has 1 aliphatic rings. The molecule has 2 nitrogen and oxygen atoms in total. The predicted molar refractivity (Wildman–Crippen MR) is 66.9 cm³/mol. The van der Waals surface area contributed by atoms with Gasteiger partial charge in [0.05, 0.1) is 0 Å². The van der Waals surface area contributed by atoms with Gasteiger partial charge in [0, 0.05) is 6.04 Å². The van der Waals surface area contributed by atoms with Crippen molar-refractivity contribution in [1.29, 1.82) is 0 Å². The second kappa shape index (κ2) is 5.31. The maximum absolute atomic E-state index is 5.79. The van der Waals surface area contributed by atoms with Gasteiger partial charge < -0.3 is 10.6 Å². The fraction of sp³-hybridized carbons (Fsp3) is 1.00. The van der Waals surface area contributed by atoms with Crippen molar-refractivity contribution in [3.63, 3.8) is 0 Å². The van der Waals surface area contributed by atoms with Crippen LogP contribution in [0, 0.1) is 11.3 Å². The normalized spacial score (nSPS) is 28.4. The van der Waals surface area contributed by atoms with E-state index in [1.807, 2.05) is 0 Å². The van der Waals surface area contributed by atoms with Gasteiger partial charge in [0.15, 0.2) is 0 Å². The molecule has 2 N–H and O–H groups in total. The first-order valence-electron chi connectivity index (χ1n) is 6.31. The molecular weight excluding hydrogens is 184 g/mol. The highest BCUT2D eigenvalue weighted by Gasteiger charge is 2.27. The van der Waals surface area contributed by atoms with Crippen LogP contribution in [0.2, 0.25) is 0 Å².